The minimum atomic E-state index is -0.723. The van der Waals surface area contributed by atoms with Gasteiger partial charge in [0.1, 0.15) is 5.06 Å². The van der Waals surface area contributed by atoms with Gasteiger partial charge >= 0.3 is 0 Å². The van der Waals surface area contributed by atoms with E-state index in [1.807, 2.05) is 6.92 Å². The first-order valence-electron chi connectivity index (χ1n) is 4.23. The summed E-state index contributed by atoms with van der Waals surface area (Å²) in [6, 6.07) is 0. The summed E-state index contributed by atoms with van der Waals surface area (Å²) in [4.78, 5) is 0. The lowest BCUT2D eigenvalue weighted by Crippen LogP contribution is -2.48. The van der Waals surface area contributed by atoms with E-state index in [2.05, 4.69) is 6.58 Å². The van der Waals surface area contributed by atoms with Crippen molar-refractivity contribution in [2.45, 2.75) is 29.2 Å². The Morgan fingerprint density at radius 2 is 2.23 bits per heavy atom. The van der Waals surface area contributed by atoms with Crippen molar-refractivity contribution >= 4 is 34.8 Å². The lowest BCUT2D eigenvalue weighted by Gasteiger charge is -2.41. The van der Waals surface area contributed by atoms with Crippen molar-refractivity contribution in [3.8, 4) is 0 Å². The van der Waals surface area contributed by atoms with E-state index in [0.717, 1.165) is 0 Å². The lowest BCUT2D eigenvalue weighted by atomic mass is 9.93. The molecule has 1 aliphatic rings. The average Bonchev–Trinajstić information content (AvgIpc) is 2.10. The zero-order chi connectivity index (χ0) is 10.1. The summed E-state index contributed by atoms with van der Waals surface area (Å²) in [5.74, 6) is 0.0186. The first kappa shape index (κ1) is 11.6. The minimum absolute atomic E-state index is 0.0186. The Bertz CT molecular complexity index is 197. The van der Waals surface area contributed by atoms with Crippen LogP contribution in [0.3, 0.4) is 0 Å². The van der Waals surface area contributed by atoms with Crippen LogP contribution >= 0.6 is 34.8 Å². The molecule has 0 bridgehead atoms. The van der Waals surface area contributed by atoms with Crippen LogP contribution in [0.4, 0.5) is 0 Å². The van der Waals surface area contributed by atoms with Crippen molar-refractivity contribution in [1.29, 1.82) is 0 Å². The number of hydrogen-bond donors (Lipinski definition) is 0. The number of alkyl halides is 3. The fraction of sp³-hybridized carbons (Fsp3) is 0.778. The quantitative estimate of drug-likeness (QED) is 0.534. The Hall–Kier alpha value is 0.570. The largest absolute Gasteiger partial charge is 0.358 e. The molecule has 1 heterocycles. The van der Waals surface area contributed by atoms with E-state index in [1.54, 1.807) is 6.08 Å². The molecule has 1 nitrogen and oxygen atoms in total. The van der Waals surface area contributed by atoms with Gasteiger partial charge in [0.15, 0.2) is 0 Å². The summed E-state index contributed by atoms with van der Waals surface area (Å²) in [6.45, 7) is 5.99. The smallest absolute Gasteiger partial charge is 0.149 e. The summed E-state index contributed by atoms with van der Waals surface area (Å²) in [6.07, 6.45) is 2.32. The van der Waals surface area contributed by atoms with Crippen molar-refractivity contribution in [2.24, 2.45) is 5.92 Å². The molecule has 0 saturated carbocycles. The van der Waals surface area contributed by atoms with Crippen molar-refractivity contribution in [3.05, 3.63) is 12.7 Å². The third-order valence-corrected chi connectivity index (χ3v) is 4.22. The first-order chi connectivity index (χ1) is 6.01. The van der Waals surface area contributed by atoms with Crippen LogP contribution in [0, 0.1) is 5.92 Å². The molecule has 0 radical (unpaired) electrons. The van der Waals surface area contributed by atoms with Crippen LogP contribution in [0.1, 0.15) is 13.3 Å². The molecule has 1 aliphatic heterocycles. The van der Waals surface area contributed by atoms with Crippen molar-refractivity contribution < 1.29 is 4.74 Å². The minimum Gasteiger partial charge on any atom is -0.358 e. The van der Waals surface area contributed by atoms with Gasteiger partial charge in [-0.3, -0.25) is 0 Å². The van der Waals surface area contributed by atoms with Crippen LogP contribution in [0.5, 0.6) is 0 Å². The van der Waals surface area contributed by atoms with Crippen LogP contribution in [-0.4, -0.2) is 22.4 Å². The van der Waals surface area contributed by atoms with Gasteiger partial charge in [-0.1, -0.05) is 24.6 Å². The van der Waals surface area contributed by atoms with Crippen LogP contribution < -0.4 is 0 Å². The monoisotopic (exact) mass is 242 g/mol. The van der Waals surface area contributed by atoms with E-state index in [9.17, 15) is 0 Å². The summed E-state index contributed by atoms with van der Waals surface area (Å²) < 4.78 is 5.48. The Balaban J connectivity index is 2.72. The van der Waals surface area contributed by atoms with Gasteiger partial charge in [0.2, 0.25) is 0 Å². The topological polar surface area (TPSA) is 9.23 Å². The highest BCUT2D eigenvalue weighted by Gasteiger charge is 2.45. The third kappa shape index (κ3) is 2.33. The van der Waals surface area contributed by atoms with Gasteiger partial charge in [0.05, 0.1) is 17.4 Å². The lowest BCUT2D eigenvalue weighted by molar-refractivity contribution is -0.0464. The Morgan fingerprint density at radius 1 is 1.62 bits per heavy atom. The van der Waals surface area contributed by atoms with Crippen molar-refractivity contribution in [2.75, 3.05) is 6.61 Å². The van der Waals surface area contributed by atoms with Gasteiger partial charge in [-0.25, -0.2) is 0 Å². The molecule has 4 heteroatoms. The van der Waals surface area contributed by atoms with E-state index in [4.69, 9.17) is 39.5 Å². The predicted molar refractivity (Wildman–Crippen MR) is 57.8 cm³/mol. The fourth-order valence-corrected chi connectivity index (χ4v) is 2.36. The van der Waals surface area contributed by atoms with Gasteiger partial charge in [0.25, 0.3) is 0 Å². The summed E-state index contributed by atoms with van der Waals surface area (Å²) >= 11 is 18.3. The maximum Gasteiger partial charge on any atom is 0.149 e. The molecule has 4 unspecified atom stereocenters. The molecule has 0 aromatic carbocycles. The molecule has 0 aromatic heterocycles. The predicted octanol–water partition coefficient (Wildman–Crippen LogP) is 3.38. The molecule has 0 amide bonds. The van der Waals surface area contributed by atoms with Crippen LogP contribution in [0.25, 0.3) is 0 Å². The second-order valence-electron chi connectivity index (χ2n) is 3.34. The normalized spacial score (nSPS) is 46.0. The molecule has 0 N–H and O–H groups in total. The second kappa shape index (κ2) is 4.39. The highest BCUT2D eigenvalue weighted by Crippen LogP contribution is 2.41. The van der Waals surface area contributed by atoms with E-state index < -0.39 is 5.06 Å². The zero-order valence-corrected chi connectivity index (χ0v) is 9.74. The summed E-state index contributed by atoms with van der Waals surface area (Å²) in [7, 11) is 0. The molecule has 4 atom stereocenters. The summed E-state index contributed by atoms with van der Waals surface area (Å²) in [5, 5.41) is -1.03. The van der Waals surface area contributed by atoms with E-state index in [0.29, 0.717) is 13.0 Å². The van der Waals surface area contributed by atoms with Crippen LogP contribution in [0.2, 0.25) is 0 Å². The Labute approximate surface area is 94.0 Å². The molecule has 13 heavy (non-hydrogen) atoms. The first-order valence-corrected chi connectivity index (χ1v) is 5.48. The highest BCUT2D eigenvalue weighted by molar-refractivity contribution is 6.31. The van der Waals surface area contributed by atoms with E-state index in [1.165, 1.54) is 0 Å². The standard InChI is InChI=1S/C9H13Cl3O/c1-3-4-9(12)6(2)8(11)7(10)5-13-9/h3,6-8H,1,4-5H2,2H3. The molecular formula is C9H13Cl3O. The van der Waals surface area contributed by atoms with Crippen molar-refractivity contribution in [3.63, 3.8) is 0 Å². The van der Waals surface area contributed by atoms with Gasteiger partial charge in [0, 0.05) is 12.3 Å². The molecule has 0 aromatic rings. The maximum atomic E-state index is 6.25. The second-order valence-corrected chi connectivity index (χ2v) is 5.04. The summed E-state index contributed by atoms with van der Waals surface area (Å²) in [5.41, 5.74) is 0. The van der Waals surface area contributed by atoms with Crippen LogP contribution in [0.15, 0.2) is 12.7 Å². The molecule has 0 spiro atoms. The molecule has 1 fully saturated rings. The van der Waals surface area contributed by atoms with E-state index in [-0.39, 0.29) is 16.7 Å². The van der Waals surface area contributed by atoms with Gasteiger partial charge in [-0.15, -0.1) is 29.8 Å². The molecule has 1 saturated heterocycles. The Kier molecular flexibility index (Phi) is 3.94. The molecule has 0 aliphatic carbocycles. The number of rotatable bonds is 2. The zero-order valence-electron chi connectivity index (χ0n) is 7.47. The third-order valence-electron chi connectivity index (χ3n) is 2.41. The molecule has 1 rings (SSSR count). The van der Waals surface area contributed by atoms with Crippen molar-refractivity contribution in [1.82, 2.24) is 0 Å². The van der Waals surface area contributed by atoms with Gasteiger partial charge in [-0.2, -0.15) is 0 Å². The number of ether oxygens (including phenoxy) is 1. The molecular weight excluding hydrogens is 230 g/mol. The maximum absolute atomic E-state index is 6.25. The molecule has 76 valence electrons. The average molecular weight is 244 g/mol. The van der Waals surface area contributed by atoms with E-state index >= 15 is 0 Å². The fourth-order valence-electron chi connectivity index (χ4n) is 1.43. The SMILES string of the molecule is C=CCC1(Cl)OCC(Cl)C(Cl)C1C. The number of halogens is 3. The number of hydrogen-bond acceptors (Lipinski definition) is 1. The Morgan fingerprint density at radius 3 is 2.77 bits per heavy atom. The highest BCUT2D eigenvalue weighted by atomic mass is 35.5. The van der Waals surface area contributed by atoms with Gasteiger partial charge < -0.3 is 4.74 Å². The van der Waals surface area contributed by atoms with Gasteiger partial charge in [-0.05, 0) is 0 Å². The van der Waals surface area contributed by atoms with Crippen LogP contribution in [-0.2, 0) is 4.74 Å².